The molecular weight excluding hydrogens is 362 g/mol. The molecule has 144 valence electrons. The second-order valence-corrected chi connectivity index (χ2v) is 7.20. The van der Waals surface area contributed by atoms with Crippen LogP contribution in [0.5, 0.6) is 0 Å². The molecule has 5 rings (SSSR count). The first kappa shape index (κ1) is 17.5. The highest BCUT2D eigenvalue weighted by molar-refractivity contribution is 5.60. The van der Waals surface area contributed by atoms with E-state index in [2.05, 4.69) is 27.5 Å². The van der Waals surface area contributed by atoms with E-state index >= 15 is 0 Å². The van der Waals surface area contributed by atoms with Gasteiger partial charge in [0.15, 0.2) is 5.82 Å². The number of hydrogen-bond acceptors (Lipinski definition) is 6. The quantitative estimate of drug-likeness (QED) is 0.565. The van der Waals surface area contributed by atoms with Crippen molar-refractivity contribution in [3.05, 3.63) is 78.0 Å². The van der Waals surface area contributed by atoms with Crippen LogP contribution in [-0.4, -0.2) is 29.9 Å². The summed E-state index contributed by atoms with van der Waals surface area (Å²) < 4.78 is 1.79. The number of para-hydroxylation sites is 1. The van der Waals surface area contributed by atoms with E-state index in [1.807, 2.05) is 48.7 Å². The van der Waals surface area contributed by atoms with Crippen molar-refractivity contribution >= 4 is 5.82 Å². The summed E-state index contributed by atoms with van der Waals surface area (Å²) in [5, 5.41) is 12.2. The molecule has 0 saturated heterocycles. The van der Waals surface area contributed by atoms with Crippen molar-refractivity contribution in [3.8, 4) is 17.1 Å². The average Bonchev–Trinajstić information content (AvgIpc) is 3.45. The van der Waals surface area contributed by atoms with Gasteiger partial charge in [-0.1, -0.05) is 23.4 Å². The van der Waals surface area contributed by atoms with Gasteiger partial charge in [0.05, 0.1) is 17.9 Å². The molecule has 1 aliphatic carbocycles. The Kier molecular flexibility index (Phi) is 4.48. The standard InChI is InChI=1S/C22H21N7/c1-15(20-14-29(28-27-20)17-6-3-2-4-7-17)24-22-18-8-5-9-19(18)25-21(26-22)16-10-12-23-13-11-16/h2-4,6-7,10-15H,5,8-9H2,1H3,(H,24,25,26). The van der Waals surface area contributed by atoms with Crippen LogP contribution in [0.25, 0.3) is 17.1 Å². The van der Waals surface area contributed by atoms with E-state index < -0.39 is 0 Å². The first-order valence-electron chi connectivity index (χ1n) is 9.82. The maximum absolute atomic E-state index is 4.84. The number of fused-ring (bicyclic) bond motifs is 1. The molecule has 1 N–H and O–H groups in total. The summed E-state index contributed by atoms with van der Waals surface area (Å²) in [6, 6.07) is 13.8. The predicted molar refractivity (Wildman–Crippen MR) is 111 cm³/mol. The molecule has 0 fully saturated rings. The SMILES string of the molecule is CC(Nc1nc(-c2ccncc2)nc2c1CCC2)c1cn(-c2ccccc2)nn1. The van der Waals surface area contributed by atoms with Crippen LogP contribution in [0.2, 0.25) is 0 Å². The molecule has 0 radical (unpaired) electrons. The molecule has 3 heterocycles. The monoisotopic (exact) mass is 383 g/mol. The topological polar surface area (TPSA) is 81.4 Å². The zero-order chi connectivity index (χ0) is 19.6. The van der Waals surface area contributed by atoms with E-state index in [0.29, 0.717) is 0 Å². The van der Waals surface area contributed by atoms with Crippen LogP contribution < -0.4 is 5.32 Å². The van der Waals surface area contributed by atoms with E-state index in [4.69, 9.17) is 9.97 Å². The van der Waals surface area contributed by atoms with Gasteiger partial charge in [-0.05, 0) is 50.5 Å². The summed E-state index contributed by atoms with van der Waals surface area (Å²) in [5.41, 5.74) is 5.17. The van der Waals surface area contributed by atoms with Crippen LogP contribution in [0.15, 0.2) is 61.1 Å². The third-order valence-corrected chi connectivity index (χ3v) is 5.20. The van der Waals surface area contributed by atoms with Gasteiger partial charge in [-0.3, -0.25) is 4.98 Å². The molecule has 7 nitrogen and oxygen atoms in total. The number of nitrogens with zero attached hydrogens (tertiary/aromatic N) is 6. The number of aryl methyl sites for hydroxylation is 1. The third kappa shape index (κ3) is 3.47. The molecule has 0 saturated carbocycles. The van der Waals surface area contributed by atoms with E-state index in [9.17, 15) is 0 Å². The molecule has 3 aromatic heterocycles. The molecule has 0 amide bonds. The zero-order valence-electron chi connectivity index (χ0n) is 16.2. The zero-order valence-corrected chi connectivity index (χ0v) is 16.2. The maximum Gasteiger partial charge on any atom is 0.161 e. The number of pyridine rings is 1. The Balaban J connectivity index is 1.44. The lowest BCUT2D eigenvalue weighted by Gasteiger charge is -2.16. The van der Waals surface area contributed by atoms with Crippen LogP contribution in [0.1, 0.15) is 36.3 Å². The lowest BCUT2D eigenvalue weighted by molar-refractivity contribution is 0.778. The fraction of sp³-hybridized carbons (Fsp3) is 0.227. The Hall–Kier alpha value is -3.61. The van der Waals surface area contributed by atoms with Gasteiger partial charge in [-0.2, -0.15) is 0 Å². The van der Waals surface area contributed by atoms with Crippen molar-refractivity contribution in [1.29, 1.82) is 0 Å². The fourth-order valence-corrected chi connectivity index (χ4v) is 3.64. The lowest BCUT2D eigenvalue weighted by Crippen LogP contribution is -2.12. The molecule has 0 aliphatic heterocycles. The minimum absolute atomic E-state index is 0.0302. The van der Waals surface area contributed by atoms with Crippen molar-refractivity contribution < 1.29 is 0 Å². The molecule has 0 bridgehead atoms. The summed E-state index contributed by atoms with van der Waals surface area (Å²) in [5.74, 6) is 1.62. The molecule has 1 aliphatic rings. The van der Waals surface area contributed by atoms with E-state index in [1.54, 1.807) is 17.1 Å². The number of nitrogens with one attached hydrogen (secondary N) is 1. The molecule has 7 heteroatoms. The van der Waals surface area contributed by atoms with E-state index in [0.717, 1.165) is 53.5 Å². The largest absolute Gasteiger partial charge is 0.361 e. The summed E-state index contributed by atoms with van der Waals surface area (Å²) in [7, 11) is 0. The molecule has 4 aromatic rings. The summed E-state index contributed by atoms with van der Waals surface area (Å²) in [6.07, 6.45) is 8.59. The third-order valence-electron chi connectivity index (χ3n) is 5.20. The molecule has 1 aromatic carbocycles. The summed E-state index contributed by atoms with van der Waals surface area (Å²) in [4.78, 5) is 13.7. The van der Waals surface area contributed by atoms with E-state index in [1.165, 1.54) is 5.56 Å². The van der Waals surface area contributed by atoms with Gasteiger partial charge in [-0.15, -0.1) is 5.10 Å². The van der Waals surface area contributed by atoms with Crippen LogP contribution in [0.4, 0.5) is 5.82 Å². The maximum atomic E-state index is 4.84. The summed E-state index contributed by atoms with van der Waals surface area (Å²) >= 11 is 0. The van der Waals surface area contributed by atoms with Crippen molar-refractivity contribution in [2.45, 2.75) is 32.2 Å². The molecule has 0 spiro atoms. The summed E-state index contributed by atoms with van der Waals surface area (Å²) in [6.45, 7) is 2.08. The Morgan fingerprint density at radius 3 is 2.66 bits per heavy atom. The first-order valence-corrected chi connectivity index (χ1v) is 9.82. The van der Waals surface area contributed by atoms with Gasteiger partial charge in [0, 0.05) is 29.2 Å². The lowest BCUT2D eigenvalue weighted by atomic mass is 10.2. The minimum atomic E-state index is -0.0302. The van der Waals surface area contributed by atoms with Crippen LogP contribution in [0, 0.1) is 0 Å². The number of hydrogen-bond donors (Lipinski definition) is 1. The van der Waals surface area contributed by atoms with Crippen LogP contribution in [0.3, 0.4) is 0 Å². The van der Waals surface area contributed by atoms with Gasteiger partial charge in [0.1, 0.15) is 11.5 Å². The van der Waals surface area contributed by atoms with Crippen LogP contribution in [-0.2, 0) is 12.8 Å². The fourth-order valence-electron chi connectivity index (χ4n) is 3.64. The predicted octanol–water partition coefficient (Wildman–Crippen LogP) is 3.78. The molecular formula is C22H21N7. The van der Waals surface area contributed by atoms with Gasteiger partial charge in [0.2, 0.25) is 0 Å². The Morgan fingerprint density at radius 1 is 1.00 bits per heavy atom. The average molecular weight is 383 g/mol. The molecule has 1 atom stereocenters. The second-order valence-electron chi connectivity index (χ2n) is 7.20. The van der Waals surface area contributed by atoms with Crippen molar-refractivity contribution in [2.24, 2.45) is 0 Å². The molecule has 29 heavy (non-hydrogen) atoms. The Labute approximate surface area is 168 Å². The second kappa shape index (κ2) is 7.43. The minimum Gasteiger partial charge on any atom is -0.361 e. The highest BCUT2D eigenvalue weighted by Gasteiger charge is 2.22. The highest BCUT2D eigenvalue weighted by atomic mass is 15.4. The van der Waals surface area contributed by atoms with Crippen LogP contribution >= 0.6 is 0 Å². The van der Waals surface area contributed by atoms with Gasteiger partial charge in [-0.25, -0.2) is 14.6 Å². The smallest absolute Gasteiger partial charge is 0.161 e. The number of anilines is 1. The van der Waals surface area contributed by atoms with Crippen molar-refractivity contribution in [2.75, 3.05) is 5.32 Å². The van der Waals surface area contributed by atoms with Crippen molar-refractivity contribution in [1.82, 2.24) is 29.9 Å². The first-order chi connectivity index (χ1) is 14.3. The number of aromatic nitrogens is 6. The molecule has 1 unspecified atom stereocenters. The van der Waals surface area contributed by atoms with E-state index in [-0.39, 0.29) is 6.04 Å². The van der Waals surface area contributed by atoms with Gasteiger partial charge >= 0.3 is 0 Å². The van der Waals surface area contributed by atoms with Gasteiger partial charge < -0.3 is 5.32 Å². The highest BCUT2D eigenvalue weighted by Crippen LogP contribution is 2.31. The number of benzene rings is 1. The Bertz CT molecular complexity index is 1120. The van der Waals surface area contributed by atoms with Crippen molar-refractivity contribution in [3.63, 3.8) is 0 Å². The number of rotatable bonds is 5. The Morgan fingerprint density at radius 2 is 1.83 bits per heavy atom. The normalized spacial score (nSPS) is 13.8. The van der Waals surface area contributed by atoms with Gasteiger partial charge in [0.25, 0.3) is 0 Å².